The second-order valence-corrected chi connectivity index (χ2v) is 8.76. The summed E-state index contributed by atoms with van der Waals surface area (Å²) in [6.07, 6.45) is 1.70. The number of carbonyl (C=O) groups is 2. The van der Waals surface area contributed by atoms with Crippen LogP contribution in [0.2, 0.25) is 0 Å². The first-order chi connectivity index (χ1) is 16.0. The standard InChI is InChI=1S/C24H25N5O3S/c1-15(2)29-23-19(13-26-29)18(11-20(28-23)21-8-5-9-33-21)24(31)25-12-16-6-4-7-17(10-16)27-22(30)14-32-3/h4-11,13,15H,12,14H2,1-3H3,(H,25,31)(H,27,30). The van der Waals surface area contributed by atoms with Gasteiger partial charge in [-0.1, -0.05) is 18.2 Å². The van der Waals surface area contributed by atoms with Gasteiger partial charge in [0, 0.05) is 25.4 Å². The zero-order valence-electron chi connectivity index (χ0n) is 18.7. The van der Waals surface area contributed by atoms with Crippen LogP contribution in [0.5, 0.6) is 0 Å². The number of aromatic nitrogens is 3. The molecule has 9 heteroatoms. The lowest BCUT2D eigenvalue weighted by Crippen LogP contribution is -2.23. The van der Waals surface area contributed by atoms with Crippen LogP contribution in [0.3, 0.4) is 0 Å². The molecule has 0 bridgehead atoms. The molecule has 0 spiro atoms. The molecule has 3 aromatic heterocycles. The minimum atomic E-state index is -0.235. The maximum absolute atomic E-state index is 13.2. The van der Waals surface area contributed by atoms with Gasteiger partial charge in [0.05, 0.1) is 27.7 Å². The number of nitrogens with zero attached hydrogens (tertiary/aromatic N) is 3. The summed E-state index contributed by atoms with van der Waals surface area (Å²) in [6, 6.07) is 13.2. The molecule has 4 aromatic rings. The van der Waals surface area contributed by atoms with E-state index in [-0.39, 0.29) is 24.5 Å². The third-order valence-electron chi connectivity index (χ3n) is 5.01. The number of amides is 2. The van der Waals surface area contributed by atoms with Crippen LogP contribution in [-0.4, -0.2) is 40.3 Å². The Morgan fingerprint density at radius 1 is 1.18 bits per heavy atom. The van der Waals surface area contributed by atoms with Crippen molar-refractivity contribution in [2.24, 2.45) is 0 Å². The molecule has 0 saturated carbocycles. The van der Waals surface area contributed by atoms with Gasteiger partial charge in [-0.2, -0.15) is 5.10 Å². The molecule has 8 nitrogen and oxygen atoms in total. The fourth-order valence-electron chi connectivity index (χ4n) is 3.50. The van der Waals surface area contributed by atoms with Crippen LogP contribution in [0.1, 0.15) is 35.8 Å². The Bertz CT molecular complexity index is 1280. The fraction of sp³-hybridized carbons (Fsp3) is 0.250. The maximum atomic E-state index is 13.2. The van der Waals surface area contributed by atoms with E-state index in [0.717, 1.165) is 16.1 Å². The highest BCUT2D eigenvalue weighted by molar-refractivity contribution is 7.13. The summed E-state index contributed by atoms with van der Waals surface area (Å²) in [7, 11) is 1.47. The van der Waals surface area contributed by atoms with Crippen molar-refractivity contribution in [2.45, 2.75) is 26.4 Å². The van der Waals surface area contributed by atoms with Crippen LogP contribution >= 0.6 is 11.3 Å². The van der Waals surface area contributed by atoms with Gasteiger partial charge < -0.3 is 15.4 Å². The smallest absolute Gasteiger partial charge is 0.252 e. The third kappa shape index (κ3) is 5.10. The van der Waals surface area contributed by atoms with Gasteiger partial charge in [-0.3, -0.25) is 9.59 Å². The molecule has 3 heterocycles. The summed E-state index contributed by atoms with van der Waals surface area (Å²) in [5.74, 6) is -0.446. The van der Waals surface area contributed by atoms with Crippen LogP contribution in [0.15, 0.2) is 54.0 Å². The van der Waals surface area contributed by atoms with Crippen molar-refractivity contribution in [3.05, 3.63) is 65.2 Å². The van der Waals surface area contributed by atoms with E-state index in [1.165, 1.54) is 7.11 Å². The third-order valence-corrected chi connectivity index (χ3v) is 5.91. The van der Waals surface area contributed by atoms with Gasteiger partial charge in [-0.05, 0) is 49.1 Å². The number of fused-ring (bicyclic) bond motifs is 1. The molecule has 0 aliphatic rings. The number of methoxy groups -OCH3 is 1. The van der Waals surface area contributed by atoms with Crippen molar-refractivity contribution in [1.82, 2.24) is 20.1 Å². The van der Waals surface area contributed by atoms with Gasteiger partial charge in [-0.25, -0.2) is 9.67 Å². The van der Waals surface area contributed by atoms with Crippen molar-refractivity contribution in [3.8, 4) is 10.6 Å². The molecule has 0 atom stereocenters. The molecular formula is C24H25N5O3S. The molecule has 0 fully saturated rings. The predicted molar refractivity (Wildman–Crippen MR) is 129 cm³/mol. The molecule has 170 valence electrons. The van der Waals surface area contributed by atoms with Crippen LogP contribution in [-0.2, 0) is 16.1 Å². The molecule has 0 radical (unpaired) electrons. The number of benzene rings is 1. The lowest BCUT2D eigenvalue weighted by atomic mass is 10.1. The summed E-state index contributed by atoms with van der Waals surface area (Å²) < 4.78 is 6.67. The molecule has 1 aromatic carbocycles. The highest BCUT2D eigenvalue weighted by Gasteiger charge is 2.19. The van der Waals surface area contributed by atoms with E-state index < -0.39 is 0 Å². The van der Waals surface area contributed by atoms with Gasteiger partial charge in [0.25, 0.3) is 5.91 Å². The number of carbonyl (C=O) groups excluding carboxylic acids is 2. The number of ether oxygens (including phenoxy) is 1. The van der Waals surface area contributed by atoms with Gasteiger partial charge in [0.15, 0.2) is 5.65 Å². The Balaban J connectivity index is 1.59. The number of rotatable bonds is 8. The second kappa shape index (κ2) is 9.93. The minimum Gasteiger partial charge on any atom is -0.375 e. The number of anilines is 1. The minimum absolute atomic E-state index is 0.0182. The van der Waals surface area contributed by atoms with E-state index >= 15 is 0 Å². The largest absolute Gasteiger partial charge is 0.375 e. The predicted octanol–water partition coefficient (Wildman–Crippen LogP) is 4.26. The lowest BCUT2D eigenvalue weighted by molar-refractivity contribution is -0.119. The van der Waals surface area contributed by atoms with Crippen LogP contribution < -0.4 is 10.6 Å². The van der Waals surface area contributed by atoms with E-state index in [1.807, 2.05) is 60.3 Å². The van der Waals surface area contributed by atoms with Crippen molar-refractivity contribution in [2.75, 3.05) is 19.0 Å². The zero-order valence-corrected chi connectivity index (χ0v) is 19.5. The molecular weight excluding hydrogens is 438 g/mol. The second-order valence-electron chi connectivity index (χ2n) is 7.82. The van der Waals surface area contributed by atoms with E-state index in [0.29, 0.717) is 28.8 Å². The first-order valence-electron chi connectivity index (χ1n) is 10.5. The summed E-state index contributed by atoms with van der Waals surface area (Å²) in [5, 5.41) is 12.9. The summed E-state index contributed by atoms with van der Waals surface area (Å²) >= 11 is 1.57. The molecule has 0 aliphatic carbocycles. The number of pyridine rings is 1. The van der Waals surface area contributed by atoms with Crippen molar-refractivity contribution >= 4 is 39.9 Å². The molecule has 0 saturated heterocycles. The highest BCUT2D eigenvalue weighted by atomic mass is 32.1. The zero-order chi connectivity index (χ0) is 23.4. The van der Waals surface area contributed by atoms with Crippen molar-refractivity contribution in [1.29, 1.82) is 0 Å². The van der Waals surface area contributed by atoms with Crippen LogP contribution in [0.4, 0.5) is 5.69 Å². The fourth-order valence-corrected chi connectivity index (χ4v) is 4.19. The Labute approximate surface area is 195 Å². The Morgan fingerprint density at radius 3 is 2.76 bits per heavy atom. The Hall–Kier alpha value is -3.56. The van der Waals surface area contributed by atoms with Crippen LogP contribution in [0, 0.1) is 0 Å². The van der Waals surface area contributed by atoms with Crippen LogP contribution in [0.25, 0.3) is 21.6 Å². The van der Waals surface area contributed by atoms with E-state index in [4.69, 9.17) is 9.72 Å². The SMILES string of the molecule is COCC(=O)Nc1cccc(CNC(=O)c2cc(-c3cccs3)nc3c2cnn3C(C)C)c1. The number of nitrogens with one attached hydrogen (secondary N) is 2. The molecule has 2 N–H and O–H groups in total. The van der Waals surface area contributed by atoms with Crippen molar-refractivity contribution < 1.29 is 14.3 Å². The Kier molecular flexibility index (Phi) is 6.81. The first kappa shape index (κ1) is 22.6. The monoisotopic (exact) mass is 463 g/mol. The molecule has 0 aliphatic heterocycles. The number of hydrogen-bond acceptors (Lipinski definition) is 6. The van der Waals surface area contributed by atoms with Gasteiger partial charge in [0.1, 0.15) is 6.61 Å². The van der Waals surface area contributed by atoms with E-state index in [2.05, 4.69) is 15.7 Å². The first-order valence-corrected chi connectivity index (χ1v) is 11.4. The van der Waals surface area contributed by atoms with Gasteiger partial charge in [-0.15, -0.1) is 11.3 Å². The summed E-state index contributed by atoms with van der Waals surface area (Å²) in [4.78, 5) is 30.8. The van der Waals surface area contributed by atoms with Crippen molar-refractivity contribution in [3.63, 3.8) is 0 Å². The van der Waals surface area contributed by atoms with E-state index in [1.54, 1.807) is 23.6 Å². The van der Waals surface area contributed by atoms with Gasteiger partial charge >= 0.3 is 0 Å². The summed E-state index contributed by atoms with van der Waals surface area (Å²) in [6.45, 7) is 4.35. The topological polar surface area (TPSA) is 98.1 Å². The average Bonchev–Trinajstić information content (AvgIpc) is 3.47. The van der Waals surface area contributed by atoms with Gasteiger partial charge in [0.2, 0.25) is 5.91 Å². The number of hydrogen-bond donors (Lipinski definition) is 2. The maximum Gasteiger partial charge on any atom is 0.252 e. The number of thiophene rings is 1. The molecule has 2 amide bonds. The quantitative estimate of drug-likeness (QED) is 0.407. The molecule has 33 heavy (non-hydrogen) atoms. The summed E-state index contributed by atoms with van der Waals surface area (Å²) in [5.41, 5.74) is 3.46. The molecule has 0 unspecified atom stereocenters. The highest BCUT2D eigenvalue weighted by Crippen LogP contribution is 2.29. The molecule has 4 rings (SSSR count). The van der Waals surface area contributed by atoms with E-state index in [9.17, 15) is 9.59 Å². The average molecular weight is 464 g/mol. The lowest BCUT2D eigenvalue weighted by Gasteiger charge is -2.11. The normalized spacial score (nSPS) is 11.2. The Morgan fingerprint density at radius 2 is 2.03 bits per heavy atom.